The van der Waals surface area contributed by atoms with Crippen molar-refractivity contribution in [1.82, 2.24) is 9.97 Å². The van der Waals surface area contributed by atoms with Crippen LogP contribution in [-0.4, -0.2) is 23.1 Å². The lowest BCUT2D eigenvalue weighted by Gasteiger charge is -2.19. The van der Waals surface area contributed by atoms with Gasteiger partial charge in [0.15, 0.2) is 0 Å². The zero-order chi connectivity index (χ0) is 13.8. The Morgan fingerprint density at radius 2 is 1.89 bits per heavy atom. The molecule has 0 fully saturated rings. The number of nitrogens with two attached hydrogens (primary N) is 1. The van der Waals surface area contributed by atoms with E-state index in [0.29, 0.717) is 11.8 Å². The molecule has 0 saturated heterocycles. The minimum Gasteiger partial charge on any atom is -0.384 e. The molecule has 0 saturated carbocycles. The molecule has 0 aliphatic rings. The lowest BCUT2D eigenvalue weighted by atomic mass is 10.1. The van der Waals surface area contributed by atoms with Gasteiger partial charge >= 0.3 is 0 Å². The van der Waals surface area contributed by atoms with E-state index in [2.05, 4.69) is 44.6 Å². The quantitative estimate of drug-likeness (QED) is 0.938. The summed E-state index contributed by atoms with van der Waals surface area (Å²) in [6.45, 7) is 5.87. The van der Waals surface area contributed by atoms with Crippen molar-refractivity contribution in [1.29, 1.82) is 0 Å². The summed E-state index contributed by atoms with van der Waals surface area (Å²) < 4.78 is 1.02. The van der Waals surface area contributed by atoms with Crippen LogP contribution in [-0.2, 0) is 0 Å². The van der Waals surface area contributed by atoms with E-state index in [1.165, 1.54) is 0 Å². The first kappa shape index (κ1) is 13.8. The van der Waals surface area contributed by atoms with Crippen LogP contribution in [0.5, 0.6) is 0 Å². The molecule has 0 bridgehead atoms. The highest BCUT2D eigenvalue weighted by Gasteiger charge is 2.09. The summed E-state index contributed by atoms with van der Waals surface area (Å²) in [6.07, 6.45) is 0. The van der Waals surface area contributed by atoms with E-state index in [9.17, 15) is 0 Å². The lowest BCUT2D eigenvalue weighted by Crippen LogP contribution is -2.24. The molecule has 0 aliphatic heterocycles. The second-order valence-corrected chi connectivity index (χ2v) is 5.08. The van der Waals surface area contributed by atoms with Crippen LogP contribution in [0.15, 0.2) is 34.8 Å². The van der Waals surface area contributed by atoms with Crippen molar-refractivity contribution in [3.63, 3.8) is 0 Å². The van der Waals surface area contributed by atoms with Gasteiger partial charge in [0.2, 0.25) is 5.95 Å². The molecule has 0 radical (unpaired) electrons. The van der Waals surface area contributed by atoms with Gasteiger partial charge in [-0.3, -0.25) is 0 Å². The van der Waals surface area contributed by atoms with Crippen LogP contribution in [0.4, 0.5) is 11.8 Å². The minimum absolute atomic E-state index is 0.492. The number of hydrogen-bond donors (Lipinski definition) is 1. The van der Waals surface area contributed by atoms with Crippen LogP contribution in [0.3, 0.4) is 0 Å². The fourth-order valence-electron chi connectivity index (χ4n) is 1.90. The van der Waals surface area contributed by atoms with Crippen molar-refractivity contribution in [2.24, 2.45) is 0 Å². The van der Waals surface area contributed by atoms with Gasteiger partial charge in [0.1, 0.15) is 5.82 Å². The Kier molecular flexibility index (Phi) is 4.37. The SMILES string of the molecule is CCN(CC)c1nc(N)cc(-c2cccc(Br)c2)n1. The Labute approximate surface area is 121 Å². The molecule has 0 atom stereocenters. The molecule has 4 nitrogen and oxygen atoms in total. The Bertz CT molecular complexity index is 567. The van der Waals surface area contributed by atoms with Crippen LogP contribution in [0.2, 0.25) is 0 Å². The third-order valence-corrected chi connectivity index (χ3v) is 3.39. The molecule has 2 N–H and O–H groups in total. The van der Waals surface area contributed by atoms with E-state index in [1.807, 2.05) is 24.3 Å². The number of hydrogen-bond acceptors (Lipinski definition) is 4. The molecule has 0 spiro atoms. The third-order valence-electron chi connectivity index (χ3n) is 2.90. The zero-order valence-electron chi connectivity index (χ0n) is 11.1. The van der Waals surface area contributed by atoms with Gasteiger partial charge in [-0.1, -0.05) is 28.1 Å². The highest BCUT2D eigenvalue weighted by molar-refractivity contribution is 9.10. The molecular formula is C14H17BrN4. The van der Waals surface area contributed by atoms with Crippen LogP contribution in [0.1, 0.15) is 13.8 Å². The topological polar surface area (TPSA) is 55.0 Å². The smallest absolute Gasteiger partial charge is 0.227 e. The molecule has 0 amide bonds. The number of benzene rings is 1. The summed E-state index contributed by atoms with van der Waals surface area (Å²) in [5.41, 5.74) is 7.76. The lowest BCUT2D eigenvalue weighted by molar-refractivity contribution is 0.824. The molecule has 19 heavy (non-hydrogen) atoms. The first-order valence-corrected chi connectivity index (χ1v) is 7.08. The van der Waals surface area contributed by atoms with E-state index in [0.717, 1.165) is 28.8 Å². The van der Waals surface area contributed by atoms with Crippen molar-refractivity contribution in [3.05, 3.63) is 34.8 Å². The molecule has 100 valence electrons. The molecule has 0 aliphatic carbocycles. The van der Waals surface area contributed by atoms with Crippen molar-refractivity contribution < 1.29 is 0 Å². The number of aromatic nitrogens is 2. The summed E-state index contributed by atoms with van der Waals surface area (Å²) in [4.78, 5) is 11.0. The summed E-state index contributed by atoms with van der Waals surface area (Å²) in [6, 6.07) is 9.80. The molecule has 0 unspecified atom stereocenters. The van der Waals surface area contributed by atoms with Crippen molar-refractivity contribution in [2.45, 2.75) is 13.8 Å². The molecule has 5 heteroatoms. The second-order valence-electron chi connectivity index (χ2n) is 4.16. The van der Waals surface area contributed by atoms with Crippen LogP contribution in [0.25, 0.3) is 11.3 Å². The normalized spacial score (nSPS) is 10.5. The van der Waals surface area contributed by atoms with Gasteiger partial charge in [-0.05, 0) is 26.0 Å². The molecule has 1 aromatic heterocycles. The van der Waals surface area contributed by atoms with Gasteiger partial charge in [0.05, 0.1) is 5.69 Å². The maximum atomic E-state index is 5.89. The molecule has 2 aromatic rings. The standard InChI is InChI=1S/C14H17BrN4/c1-3-19(4-2)14-17-12(9-13(16)18-14)10-6-5-7-11(15)8-10/h5-9H,3-4H2,1-2H3,(H2,16,17,18). The van der Waals surface area contributed by atoms with Crippen LogP contribution >= 0.6 is 15.9 Å². The maximum absolute atomic E-state index is 5.89. The highest BCUT2D eigenvalue weighted by Crippen LogP contribution is 2.24. The summed E-state index contributed by atoms with van der Waals surface area (Å²) >= 11 is 3.47. The van der Waals surface area contributed by atoms with E-state index in [-0.39, 0.29) is 0 Å². The Balaban J connectivity index is 2.47. The summed E-state index contributed by atoms with van der Waals surface area (Å²) in [5.74, 6) is 1.17. The van der Waals surface area contributed by atoms with Gasteiger partial charge < -0.3 is 10.6 Å². The number of anilines is 2. The Morgan fingerprint density at radius 3 is 2.53 bits per heavy atom. The van der Waals surface area contributed by atoms with Crippen molar-refractivity contribution >= 4 is 27.7 Å². The van der Waals surface area contributed by atoms with Crippen LogP contribution in [0, 0.1) is 0 Å². The van der Waals surface area contributed by atoms with E-state index in [1.54, 1.807) is 6.07 Å². The number of nitrogens with zero attached hydrogens (tertiary/aromatic N) is 3. The maximum Gasteiger partial charge on any atom is 0.227 e. The van der Waals surface area contributed by atoms with E-state index < -0.39 is 0 Å². The third kappa shape index (κ3) is 3.23. The Morgan fingerprint density at radius 1 is 1.16 bits per heavy atom. The first-order valence-electron chi connectivity index (χ1n) is 6.29. The first-order chi connectivity index (χ1) is 9.13. The molecule has 1 heterocycles. The molecular weight excluding hydrogens is 304 g/mol. The number of rotatable bonds is 4. The fraction of sp³-hybridized carbons (Fsp3) is 0.286. The van der Waals surface area contributed by atoms with Gasteiger partial charge in [0.25, 0.3) is 0 Å². The zero-order valence-corrected chi connectivity index (χ0v) is 12.7. The van der Waals surface area contributed by atoms with Gasteiger partial charge in [-0.25, -0.2) is 4.98 Å². The summed E-state index contributed by atoms with van der Waals surface area (Å²) in [5, 5.41) is 0. The van der Waals surface area contributed by atoms with Gasteiger partial charge in [-0.15, -0.1) is 0 Å². The average molecular weight is 321 g/mol. The van der Waals surface area contributed by atoms with Gasteiger partial charge in [-0.2, -0.15) is 4.98 Å². The largest absolute Gasteiger partial charge is 0.384 e. The number of nitrogen functional groups attached to an aromatic ring is 1. The van der Waals surface area contributed by atoms with E-state index >= 15 is 0 Å². The van der Waals surface area contributed by atoms with Crippen molar-refractivity contribution in [2.75, 3.05) is 23.7 Å². The second kappa shape index (κ2) is 6.02. The fourth-order valence-corrected chi connectivity index (χ4v) is 2.30. The summed E-state index contributed by atoms with van der Waals surface area (Å²) in [7, 11) is 0. The predicted octanol–water partition coefficient (Wildman–Crippen LogP) is 3.33. The van der Waals surface area contributed by atoms with Gasteiger partial charge in [0, 0.05) is 29.2 Å². The van der Waals surface area contributed by atoms with Crippen molar-refractivity contribution in [3.8, 4) is 11.3 Å². The van der Waals surface area contributed by atoms with Crippen LogP contribution < -0.4 is 10.6 Å². The molecule has 2 rings (SSSR count). The molecule has 1 aromatic carbocycles. The monoisotopic (exact) mass is 320 g/mol. The number of halogens is 1. The average Bonchev–Trinajstić information content (AvgIpc) is 2.39. The highest BCUT2D eigenvalue weighted by atomic mass is 79.9. The minimum atomic E-state index is 0.492. The Hall–Kier alpha value is -1.62. The predicted molar refractivity (Wildman–Crippen MR) is 83.1 cm³/mol. The van der Waals surface area contributed by atoms with E-state index in [4.69, 9.17) is 5.73 Å².